The number of anilines is 2. The van der Waals surface area contributed by atoms with Gasteiger partial charge in [-0.3, -0.25) is 4.79 Å². The molecule has 4 N–H and O–H groups in total. The van der Waals surface area contributed by atoms with E-state index in [1.807, 2.05) is 0 Å². The van der Waals surface area contributed by atoms with E-state index in [-0.39, 0.29) is 23.9 Å². The summed E-state index contributed by atoms with van der Waals surface area (Å²) in [5.74, 6) is -1.61. The summed E-state index contributed by atoms with van der Waals surface area (Å²) >= 11 is 6.37. The molecule has 0 saturated heterocycles. The number of amides is 1. The second-order valence-electron chi connectivity index (χ2n) is 5.72. The van der Waals surface area contributed by atoms with Gasteiger partial charge in [0, 0.05) is 11.3 Å². The molecule has 10 heteroatoms. The highest BCUT2D eigenvalue weighted by atomic mass is 32.1. The maximum atomic E-state index is 12.4. The number of primary amides is 1. The van der Waals surface area contributed by atoms with Crippen LogP contribution in [0, 0.1) is 6.92 Å². The molecule has 0 saturated carbocycles. The minimum Gasteiger partial charge on any atom is -0.462 e. The largest absolute Gasteiger partial charge is 0.462 e. The van der Waals surface area contributed by atoms with E-state index in [1.165, 1.54) is 0 Å². The van der Waals surface area contributed by atoms with E-state index in [0.29, 0.717) is 26.7 Å². The number of hydrogen-bond acceptors (Lipinski definition) is 7. The van der Waals surface area contributed by atoms with Crippen LogP contribution in [0.1, 0.15) is 49.8 Å². The van der Waals surface area contributed by atoms with Crippen LogP contribution in [0.5, 0.6) is 0 Å². The van der Waals surface area contributed by atoms with Crippen LogP contribution >= 0.6 is 23.6 Å². The van der Waals surface area contributed by atoms with Crippen molar-refractivity contribution in [2.75, 3.05) is 23.8 Å². The van der Waals surface area contributed by atoms with Crippen LogP contribution in [0.4, 0.5) is 10.7 Å². The lowest BCUT2D eigenvalue weighted by atomic mass is 10.1. The molecule has 0 fully saturated rings. The third-order valence-corrected chi connectivity index (χ3v) is 5.13. The number of thiocarbonyl (C=S) groups is 1. The van der Waals surface area contributed by atoms with E-state index in [2.05, 4.69) is 10.6 Å². The lowest BCUT2D eigenvalue weighted by Crippen LogP contribution is -2.20. The maximum Gasteiger partial charge on any atom is 0.348 e. The Morgan fingerprint density at radius 3 is 2.17 bits per heavy atom. The fourth-order valence-corrected chi connectivity index (χ4v) is 3.80. The molecule has 0 atom stereocenters. The molecule has 1 aromatic heterocycles. The summed E-state index contributed by atoms with van der Waals surface area (Å²) in [4.78, 5) is 36.1. The van der Waals surface area contributed by atoms with Crippen molar-refractivity contribution in [1.82, 2.24) is 0 Å². The van der Waals surface area contributed by atoms with Crippen molar-refractivity contribution in [3.8, 4) is 0 Å². The number of rotatable bonds is 7. The molecule has 0 radical (unpaired) electrons. The molecule has 0 aliphatic carbocycles. The summed E-state index contributed by atoms with van der Waals surface area (Å²) in [6.45, 7) is 5.46. The predicted molar refractivity (Wildman–Crippen MR) is 116 cm³/mol. The van der Waals surface area contributed by atoms with Gasteiger partial charge in [0.15, 0.2) is 5.11 Å². The first-order valence-corrected chi connectivity index (χ1v) is 9.96. The Morgan fingerprint density at radius 2 is 1.62 bits per heavy atom. The highest BCUT2D eigenvalue weighted by Crippen LogP contribution is 2.34. The zero-order chi connectivity index (χ0) is 21.6. The number of benzene rings is 1. The van der Waals surface area contributed by atoms with Crippen LogP contribution in [-0.2, 0) is 9.47 Å². The van der Waals surface area contributed by atoms with E-state index < -0.39 is 17.8 Å². The van der Waals surface area contributed by atoms with Crippen LogP contribution < -0.4 is 16.4 Å². The van der Waals surface area contributed by atoms with Crippen LogP contribution in [-0.4, -0.2) is 36.2 Å². The number of nitrogens with one attached hydrogen (secondary N) is 2. The molecular weight excluding hydrogens is 414 g/mol. The van der Waals surface area contributed by atoms with Crippen molar-refractivity contribution in [3.05, 3.63) is 45.8 Å². The normalized spacial score (nSPS) is 10.2. The summed E-state index contributed by atoms with van der Waals surface area (Å²) in [6, 6.07) is 6.41. The third kappa shape index (κ3) is 5.52. The third-order valence-electron chi connectivity index (χ3n) is 3.74. The van der Waals surface area contributed by atoms with Gasteiger partial charge in [-0.15, -0.1) is 11.3 Å². The molecule has 0 bridgehead atoms. The Labute approximate surface area is 177 Å². The van der Waals surface area contributed by atoms with Crippen LogP contribution in [0.3, 0.4) is 0 Å². The Balaban J connectivity index is 2.26. The molecule has 2 aromatic rings. The maximum absolute atomic E-state index is 12.4. The molecule has 1 heterocycles. The second-order valence-corrected chi connectivity index (χ2v) is 7.15. The number of carbonyl (C=O) groups excluding carboxylic acids is 3. The molecule has 8 nitrogen and oxygen atoms in total. The minimum absolute atomic E-state index is 0.192. The molecule has 29 heavy (non-hydrogen) atoms. The molecule has 2 rings (SSSR count). The highest BCUT2D eigenvalue weighted by molar-refractivity contribution is 7.80. The second kappa shape index (κ2) is 9.99. The van der Waals surface area contributed by atoms with Gasteiger partial charge in [-0.25, -0.2) is 9.59 Å². The quantitative estimate of drug-likeness (QED) is 0.448. The van der Waals surface area contributed by atoms with Gasteiger partial charge in [0.2, 0.25) is 5.91 Å². The Morgan fingerprint density at radius 1 is 1.03 bits per heavy atom. The zero-order valence-electron chi connectivity index (χ0n) is 16.2. The molecule has 1 amide bonds. The Kier molecular flexibility index (Phi) is 7.68. The van der Waals surface area contributed by atoms with Gasteiger partial charge >= 0.3 is 11.9 Å². The van der Waals surface area contributed by atoms with Gasteiger partial charge < -0.3 is 25.8 Å². The number of hydrogen-bond donors (Lipinski definition) is 3. The van der Waals surface area contributed by atoms with Gasteiger partial charge in [-0.2, -0.15) is 0 Å². The van der Waals surface area contributed by atoms with Crippen LogP contribution in [0.15, 0.2) is 24.3 Å². The summed E-state index contributed by atoms with van der Waals surface area (Å²) in [5, 5.41) is 6.44. The minimum atomic E-state index is -0.562. The lowest BCUT2D eigenvalue weighted by Gasteiger charge is -2.11. The van der Waals surface area contributed by atoms with Crippen LogP contribution in [0.2, 0.25) is 0 Å². The number of thiophene rings is 1. The van der Waals surface area contributed by atoms with Gasteiger partial charge in [-0.1, -0.05) is 0 Å². The number of nitrogens with two attached hydrogens (primary N) is 1. The summed E-state index contributed by atoms with van der Waals surface area (Å²) < 4.78 is 10.2. The highest BCUT2D eigenvalue weighted by Gasteiger charge is 2.26. The molecule has 0 aliphatic rings. The molecule has 0 spiro atoms. The fourth-order valence-electron chi connectivity index (χ4n) is 2.43. The zero-order valence-corrected chi connectivity index (χ0v) is 17.8. The number of esters is 2. The van der Waals surface area contributed by atoms with Gasteiger partial charge in [0.25, 0.3) is 0 Å². The van der Waals surface area contributed by atoms with Gasteiger partial charge in [-0.05, 0) is 62.8 Å². The standard InChI is InChI=1S/C19H21N3O5S2/c1-4-26-17(24)13-10(3)14(18(25)27-5-2)29-16(13)22-19(28)21-12-8-6-11(7-9-12)15(20)23/h6-9H,4-5H2,1-3H3,(H2,20,23)(H2,21,22,28). The van der Waals surface area contributed by atoms with Crippen molar-refractivity contribution in [1.29, 1.82) is 0 Å². The summed E-state index contributed by atoms with van der Waals surface area (Å²) in [5.41, 5.74) is 6.89. The molecule has 0 unspecified atom stereocenters. The average Bonchev–Trinajstić information content (AvgIpc) is 2.98. The fraction of sp³-hybridized carbons (Fsp3) is 0.263. The molecular formula is C19H21N3O5S2. The molecule has 1 aromatic carbocycles. The monoisotopic (exact) mass is 435 g/mol. The van der Waals surface area contributed by atoms with Crippen molar-refractivity contribution >= 4 is 57.2 Å². The first-order valence-electron chi connectivity index (χ1n) is 8.73. The van der Waals surface area contributed by atoms with Crippen molar-refractivity contribution in [2.24, 2.45) is 5.73 Å². The summed E-state index contributed by atoms with van der Waals surface area (Å²) in [6.07, 6.45) is 0. The first kappa shape index (κ1) is 22.3. The number of ether oxygens (including phenoxy) is 2. The summed E-state index contributed by atoms with van der Waals surface area (Å²) in [7, 11) is 0. The average molecular weight is 436 g/mol. The smallest absolute Gasteiger partial charge is 0.348 e. The van der Waals surface area contributed by atoms with E-state index >= 15 is 0 Å². The van der Waals surface area contributed by atoms with E-state index in [1.54, 1.807) is 45.0 Å². The van der Waals surface area contributed by atoms with Crippen molar-refractivity contribution < 1.29 is 23.9 Å². The van der Waals surface area contributed by atoms with Crippen molar-refractivity contribution in [2.45, 2.75) is 20.8 Å². The van der Waals surface area contributed by atoms with E-state index in [4.69, 9.17) is 27.4 Å². The molecule has 154 valence electrons. The molecule has 0 aliphatic heterocycles. The van der Waals surface area contributed by atoms with Crippen LogP contribution in [0.25, 0.3) is 0 Å². The SMILES string of the molecule is CCOC(=O)c1sc(NC(=S)Nc2ccc(C(N)=O)cc2)c(C(=O)OCC)c1C. The number of carbonyl (C=O) groups is 3. The van der Waals surface area contributed by atoms with Crippen molar-refractivity contribution in [3.63, 3.8) is 0 Å². The first-order chi connectivity index (χ1) is 13.8. The Hall–Kier alpha value is -2.98. The topological polar surface area (TPSA) is 120 Å². The van der Waals surface area contributed by atoms with Gasteiger partial charge in [0.05, 0.1) is 18.8 Å². The van der Waals surface area contributed by atoms with Gasteiger partial charge in [0.1, 0.15) is 9.88 Å². The predicted octanol–water partition coefficient (Wildman–Crippen LogP) is 3.32. The Bertz CT molecular complexity index is 938. The van der Waals surface area contributed by atoms with E-state index in [0.717, 1.165) is 11.3 Å². The van der Waals surface area contributed by atoms with E-state index in [9.17, 15) is 14.4 Å². The lowest BCUT2D eigenvalue weighted by molar-refractivity contribution is 0.0527.